The number of benzene rings is 1. The highest BCUT2D eigenvalue weighted by Crippen LogP contribution is 2.57. The zero-order valence-corrected chi connectivity index (χ0v) is 20.4. The summed E-state index contributed by atoms with van der Waals surface area (Å²) in [6, 6.07) is 4.48. The molecular weight excluding hydrogens is 420 g/mol. The van der Waals surface area contributed by atoms with Crippen LogP contribution in [0.15, 0.2) is 23.8 Å². The molecule has 1 saturated carbocycles. The van der Waals surface area contributed by atoms with Crippen molar-refractivity contribution in [2.24, 2.45) is 12.5 Å². The zero-order chi connectivity index (χ0) is 21.3. The highest BCUT2D eigenvalue weighted by atomic mass is 32.1. The van der Waals surface area contributed by atoms with Gasteiger partial charge in [-0.2, -0.15) is 0 Å². The van der Waals surface area contributed by atoms with Gasteiger partial charge in [0.1, 0.15) is 11.1 Å². The Morgan fingerprint density at radius 2 is 2.00 bits per heavy atom. The lowest BCUT2D eigenvalue weighted by atomic mass is 9.67. The molecule has 4 heterocycles. The number of aryl methyl sites for hydroxylation is 2. The van der Waals surface area contributed by atoms with Crippen molar-refractivity contribution < 1.29 is 9.30 Å². The van der Waals surface area contributed by atoms with E-state index in [0.717, 1.165) is 16.3 Å². The number of hydrogen-bond donors (Lipinski definition) is 0. The molecular formula is C26H29N2OS2+. The van der Waals surface area contributed by atoms with Crippen molar-refractivity contribution in [3.8, 4) is 22.8 Å². The van der Waals surface area contributed by atoms with E-state index in [1.165, 1.54) is 75.7 Å². The highest BCUT2D eigenvalue weighted by molar-refractivity contribution is 7.19. The molecule has 3 nitrogen and oxygen atoms in total. The maximum Gasteiger partial charge on any atom is 0.288 e. The van der Waals surface area contributed by atoms with Gasteiger partial charge < -0.3 is 4.74 Å². The summed E-state index contributed by atoms with van der Waals surface area (Å²) in [5, 5.41) is 4.73. The van der Waals surface area contributed by atoms with Gasteiger partial charge in [-0.1, -0.05) is 38.0 Å². The number of rotatable bonds is 3. The normalized spacial score (nSPS) is 17.8. The summed E-state index contributed by atoms with van der Waals surface area (Å²) in [5.74, 6) is 2.69. The summed E-state index contributed by atoms with van der Waals surface area (Å²) in [5.41, 5.74) is 4.36. The minimum absolute atomic E-state index is 0.551. The van der Waals surface area contributed by atoms with Crippen molar-refractivity contribution in [2.75, 3.05) is 0 Å². The van der Waals surface area contributed by atoms with Gasteiger partial charge in [0, 0.05) is 4.70 Å². The van der Waals surface area contributed by atoms with Gasteiger partial charge in [-0.25, -0.2) is 4.57 Å². The molecule has 1 aliphatic heterocycles. The van der Waals surface area contributed by atoms with Crippen LogP contribution in [-0.2, 0) is 7.05 Å². The number of hydrogen-bond acceptors (Lipinski definition) is 4. The standard InChI is InChI=1S/C26H29N2OS2/c1-5-26(6-2)10-7-16(8-11-26)24-23-21-22(28(4)14-27-25(21)31-24)20-15(3)17-9-12-30-19(17)13-18(20)29-23/h9,12-14,16H,5-8,10-11H2,1-4H3/q+1. The van der Waals surface area contributed by atoms with E-state index < -0.39 is 0 Å². The van der Waals surface area contributed by atoms with Crippen molar-refractivity contribution in [3.63, 3.8) is 0 Å². The first-order valence-corrected chi connectivity index (χ1v) is 13.2. The Bertz CT molecular complexity index is 1320. The van der Waals surface area contributed by atoms with Crippen LogP contribution in [0.25, 0.3) is 31.6 Å². The molecule has 1 aromatic carbocycles. The lowest BCUT2D eigenvalue weighted by molar-refractivity contribution is -0.662. The molecule has 0 atom stereocenters. The Hall–Kier alpha value is -1.98. The third kappa shape index (κ3) is 2.75. The highest BCUT2D eigenvalue weighted by Gasteiger charge is 2.39. The Balaban J connectivity index is 1.53. The Kier molecular flexibility index (Phi) is 4.45. The molecule has 31 heavy (non-hydrogen) atoms. The molecule has 0 bridgehead atoms. The Morgan fingerprint density at radius 3 is 2.74 bits per heavy atom. The van der Waals surface area contributed by atoms with E-state index in [9.17, 15) is 0 Å². The van der Waals surface area contributed by atoms with Gasteiger partial charge in [-0.3, -0.25) is 0 Å². The van der Waals surface area contributed by atoms with Crippen molar-refractivity contribution >= 4 is 43.0 Å². The first-order chi connectivity index (χ1) is 15.0. The van der Waals surface area contributed by atoms with Crippen molar-refractivity contribution in [3.05, 3.63) is 34.3 Å². The van der Waals surface area contributed by atoms with E-state index >= 15 is 0 Å². The summed E-state index contributed by atoms with van der Waals surface area (Å²) in [4.78, 5) is 7.36. The molecule has 0 unspecified atom stereocenters. The van der Waals surface area contributed by atoms with Crippen LogP contribution < -0.4 is 9.30 Å². The fraction of sp³-hybridized carbons (Fsp3) is 0.462. The number of thiophene rings is 2. The first kappa shape index (κ1) is 19.7. The summed E-state index contributed by atoms with van der Waals surface area (Å²) in [7, 11) is 2.12. The molecule has 5 heteroatoms. The quantitative estimate of drug-likeness (QED) is 0.262. The van der Waals surface area contributed by atoms with Gasteiger partial charge in [-0.15, -0.1) is 11.3 Å². The van der Waals surface area contributed by atoms with E-state index in [4.69, 9.17) is 9.72 Å². The lowest BCUT2D eigenvalue weighted by Crippen LogP contribution is -2.32. The zero-order valence-electron chi connectivity index (χ0n) is 18.7. The lowest BCUT2D eigenvalue weighted by Gasteiger charge is -2.39. The summed E-state index contributed by atoms with van der Waals surface area (Å²) < 4.78 is 10.2. The number of fused-ring (bicyclic) bond motifs is 3. The maximum absolute atomic E-state index is 6.76. The SMILES string of the molecule is CCC1(CC)CCC(c2sc3nc[n+](C)c4c3c2Oc2cc3sccc3c(C)c2-4)CC1. The molecule has 1 fully saturated rings. The van der Waals surface area contributed by atoms with Gasteiger partial charge >= 0.3 is 0 Å². The van der Waals surface area contributed by atoms with Crippen molar-refractivity contribution in [1.82, 2.24) is 4.98 Å². The molecule has 6 rings (SSSR count). The topological polar surface area (TPSA) is 26.0 Å². The number of aromatic nitrogens is 2. The van der Waals surface area contributed by atoms with Gasteiger partial charge in [0.25, 0.3) is 6.33 Å². The molecule has 0 radical (unpaired) electrons. The average Bonchev–Trinajstić information content (AvgIpc) is 3.41. The van der Waals surface area contributed by atoms with Crippen LogP contribution >= 0.6 is 22.7 Å². The van der Waals surface area contributed by atoms with Crippen LogP contribution in [0.3, 0.4) is 0 Å². The second kappa shape index (κ2) is 7.01. The fourth-order valence-corrected chi connectivity index (χ4v) is 8.07. The van der Waals surface area contributed by atoms with Crippen LogP contribution in [0.2, 0.25) is 0 Å². The van der Waals surface area contributed by atoms with E-state index in [2.05, 4.69) is 49.9 Å². The van der Waals surface area contributed by atoms with Crippen LogP contribution in [0.1, 0.15) is 68.7 Å². The van der Waals surface area contributed by atoms with Gasteiger partial charge in [0.05, 0.1) is 17.5 Å². The van der Waals surface area contributed by atoms with Gasteiger partial charge in [-0.05, 0) is 77.4 Å². The van der Waals surface area contributed by atoms with Crippen molar-refractivity contribution in [1.29, 1.82) is 0 Å². The average molecular weight is 450 g/mol. The Labute approximate surface area is 191 Å². The predicted molar refractivity (Wildman–Crippen MR) is 131 cm³/mol. The van der Waals surface area contributed by atoms with Gasteiger partial charge in [0.2, 0.25) is 4.83 Å². The van der Waals surface area contributed by atoms with E-state index in [0.29, 0.717) is 11.3 Å². The summed E-state index contributed by atoms with van der Waals surface area (Å²) >= 11 is 3.66. The molecule has 0 spiro atoms. The minimum Gasteiger partial charge on any atom is -0.454 e. The largest absolute Gasteiger partial charge is 0.454 e. The molecule has 4 aromatic rings. The van der Waals surface area contributed by atoms with E-state index in [1.807, 2.05) is 17.7 Å². The van der Waals surface area contributed by atoms with Crippen LogP contribution in [0.4, 0.5) is 0 Å². The fourth-order valence-electron chi connectivity index (χ4n) is 5.95. The third-order valence-electron chi connectivity index (χ3n) is 8.16. The summed E-state index contributed by atoms with van der Waals surface area (Å²) in [6.07, 6.45) is 9.78. The molecule has 0 amide bonds. The van der Waals surface area contributed by atoms with Crippen molar-refractivity contribution in [2.45, 2.75) is 65.2 Å². The van der Waals surface area contributed by atoms with Crippen LogP contribution in [0, 0.1) is 12.3 Å². The molecule has 0 N–H and O–H groups in total. The minimum atomic E-state index is 0.551. The monoisotopic (exact) mass is 449 g/mol. The van der Waals surface area contributed by atoms with E-state index in [1.54, 1.807) is 11.3 Å². The Morgan fingerprint density at radius 1 is 1.23 bits per heavy atom. The smallest absolute Gasteiger partial charge is 0.288 e. The van der Waals surface area contributed by atoms with E-state index in [-0.39, 0.29) is 0 Å². The molecule has 3 aromatic heterocycles. The summed E-state index contributed by atoms with van der Waals surface area (Å²) in [6.45, 7) is 6.98. The maximum atomic E-state index is 6.76. The van der Waals surface area contributed by atoms with Crippen LogP contribution in [-0.4, -0.2) is 4.98 Å². The number of ether oxygens (including phenoxy) is 1. The van der Waals surface area contributed by atoms with Crippen LogP contribution in [0.5, 0.6) is 11.5 Å². The molecule has 0 saturated heterocycles. The predicted octanol–water partition coefficient (Wildman–Crippen LogP) is 7.88. The number of nitrogens with zero attached hydrogens (tertiary/aromatic N) is 2. The second-order valence-corrected chi connectivity index (χ2v) is 11.4. The molecule has 160 valence electrons. The van der Waals surface area contributed by atoms with Gasteiger partial charge in [0.15, 0.2) is 11.4 Å². The second-order valence-electron chi connectivity index (χ2n) is 9.47. The molecule has 2 aliphatic rings. The molecule has 1 aliphatic carbocycles. The third-order valence-corrected chi connectivity index (χ3v) is 10.3. The first-order valence-electron chi connectivity index (χ1n) is 11.6.